The van der Waals surface area contributed by atoms with Gasteiger partial charge < -0.3 is 15.5 Å². The molecule has 2 rings (SSSR count). The number of aromatic hydroxyl groups is 2. The molecule has 1 aromatic carbocycles. The summed E-state index contributed by atoms with van der Waals surface area (Å²) < 4.78 is 0. The van der Waals surface area contributed by atoms with Crippen LogP contribution in [0.4, 0.5) is 0 Å². The van der Waals surface area contributed by atoms with Gasteiger partial charge in [0.1, 0.15) is 0 Å². The van der Waals surface area contributed by atoms with Gasteiger partial charge in [0.25, 0.3) is 0 Å². The molecular formula is C10H11NO3. The number of phenols is 2. The predicted octanol–water partition coefficient (Wildman–Crippen LogP) is 0.313. The zero-order chi connectivity index (χ0) is 10.1. The Labute approximate surface area is 81.2 Å². The molecule has 0 bridgehead atoms. The van der Waals surface area contributed by atoms with Gasteiger partial charge in [-0.05, 0) is 29.7 Å². The quantitative estimate of drug-likeness (QED) is 0.519. The first-order valence-corrected chi connectivity index (χ1v) is 4.47. The van der Waals surface area contributed by atoms with Crippen LogP contribution in [0.5, 0.6) is 11.5 Å². The molecule has 1 aliphatic rings. The summed E-state index contributed by atoms with van der Waals surface area (Å²) in [6.45, 7) is 0.579. The molecule has 0 fully saturated rings. The van der Waals surface area contributed by atoms with Gasteiger partial charge in [0, 0.05) is 6.54 Å². The Balaban J connectivity index is 2.46. The Morgan fingerprint density at radius 1 is 1.14 bits per heavy atom. The van der Waals surface area contributed by atoms with Crippen LogP contribution in [0.3, 0.4) is 0 Å². The van der Waals surface area contributed by atoms with Gasteiger partial charge in [-0.15, -0.1) is 0 Å². The van der Waals surface area contributed by atoms with Crippen molar-refractivity contribution in [2.45, 2.75) is 12.8 Å². The van der Waals surface area contributed by atoms with Crippen molar-refractivity contribution in [3.63, 3.8) is 0 Å². The molecule has 1 amide bonds. The first kappa shape index (κ1) is 8.87. The van der Waals surface area contributed by atoms with E-state index in [0.29, 0.717) is 13.0 Å². The van der Waals surface area contributed by atoms with Gasteiger partial charge in [-0.3, -0.25) is 4.79 Å². The molecule has 0 saturated carbocycles. The van der Waals surface area contributed by atoms with Crippen molar-refractivity contribution in [1.82, 2.24) is 5.32 Å². The lowest BCUT2D eigenvalue weighted by molar-refractivity contribution is -0.120. The van der Waals surface area contributed by atoms with Crippen LogP contribution < -0.4 is 5.32 Å². The predicted molar refractivity (Wildman–Crippen MR) is 50.2 cm³/mol. The maximum absolute atomic E-state index is 11.2. The van der Waals surface area contributed by atoms with Crippen LogP contribution >= 0.6 is 0 Å². The number of carbonyl (C=O) groups excluding carboxylic acids is 1. The minimum Gasteiger partial charge on any atom is -0.504 e. The maximum Gasteiger partial charge on any atom is 0.224 e. The van der Waals surface area contributed by atoms with E-state index < -0.39 is 0 Å². The Bertz CT molecular complexity index is 387. The van der Waals surface area contributed by atoms with Crippen molar-refractivity contribution in [3.05, 3.63) is 23.3 Å². The van der Waals surface area contributed by atoms with Crippen molar-refractivity contribution in [1.29, 1.82) is 0 Å². The van der Waals surface area contributed by atoms with Gasteiger partial charge in [0.05, 0.1) is 6.42 Å². The van der Waals surface area contributed by atoms with Crippen molar-refractivity contribution in [3.8, 4) is 11.5 Å². The van der Waals surface area contributed by atoms with E-state index in [0.717, 1.165) is 11.1 Å². The molecule has 1 aliphatic heterocycles. The standard InChI is InChI=1S/C10H11NO3/c12-8-3-6-1-2-11-10(14)5-7(6)4-9(8)13/h3-4,12-13H,1-2,5H2,(H,11,14). The van der Waals surface area contributed by atoms with Gasteiger partial charge in [0.15, 0.2) is 11.5 Å². The number of benzene rings is 1. The monoisotopic (exact) mass is 193 g/mol. The Kier molecular flexibility index (Phi) is 2.04. The zero-order valence-corrected chi connectivity index (χ0v) is 7.58. The van der Waals surface area contributed by atoms with Crippen LogP contribution in [0.15, 0.2) is 12.1 Å². The second-order valence-electron chi connectivity index (χ2n) is 3.39. The lowest BCUT2D eigenvalue weighted by Gasteiger charge is -2.06. The van der Waals surface area contributed by atoms with Crippen molar-refractivity contribution in [2.24, 2.45) is 0 Å². The second kappa shape index (κ2) is 3.21. The lowest BCUT2D eigenvalue weighted by Crippen LogP contribution is -2.24. The number of phenolic OH excluding ortho intramolecular Hbond substituents is 2. The van der Waals surface area contributed by atoms with E-state index in [1.165, 1.54) is 12.1 Å². The molecule has 74 valence electrons. The number of carbonyl (C=O) groups is 1. The van der Waals surface area contributed by atoms with E-state index >= 15 is 0 Å². The Morgan fingerprint density at radius 2 is 1.79 bits per heavy atom. The molecule has 0 saturated heterocycles. The minimum atomic E-state index is -0.168. The van der Waals surface area contributed by atoms with Gasteiger partial charge in [0.2, 0.25) is 5.91 Å². The molecule has 4 nitrogen and oxygen atoms in total. The first-order chi connectivity index (χ1) is 6.66. The number of fused-ring (bicyclic) bond motifs is 1. The van der Waals surface area contributed by atoms with Crippen molar-refractivity contribution in [2.75, 3.05) is 6.54 Å². The Hall–Kier alpha value is -1.71. The highest BCUT2D eigenvalue weighted by Crippen LogP contribution is 2.29. The largest absolute Gasteiger partial charge is 0.504 e. The van der Waals surface area contributed by atoms with Gasteiger partial charge in [-0.1, -0.05) is 0 Å². The van der Waals surface area contributed by atoms with E-state index in [1.54, 1.807) is 0 Å². The molecule has 0 aromatic heterocycles. The van der Waals surface area contributed by atoms with E-state index in [2.05, 4.69) is 5.32 Å². The summed E-state index contributed by atoms with van der Waals surface area (Å²) in [5.74, 6) is -0.342. The van der Waals surface area contributed by atoms with Gasteiger partial charge in [-0.25, -0.2) is 0 Å². The molecule has 1 aromatic rings. The summed E-state index contributed by atoms with van der Waals surface area (Å²) in [4.78, 5) is 11.2. The summed E-state index contributed by atoms with van der Waals surface area (Å²) in [5.41, 5.74) is 1.70. The average Bonchev–Trinajstić information content (AvgIpc) is 2.28. The second-order valence-corrected chi connectivity index (χ2v) is 3.39. The number of amides is 1. The van der Waals surface area contributed by atoms with Gasteiger partial charge in [-0.2, -0.15) is 0 Å². The van der Waals surface area contributed by atoms with Crippen LogP contribution in [-0.4, -0.2) is 22.7 Å². The number of hydrogen-bond acceptors (Lipinski definition) is 3. The highest BCUT2D eigenvalue weighted by molar-refractivity contribution is 5.80. The normalized spacial score (nSPS) is 15.6. The van der Waals surface area contributed by atoms with Crippen LogP contribution in [-0.2, 0) is 17.6 Å². The first-order valence-electron chi connectivity index (χ1n) is 4.47. The third-order valence-corrected chi connectivity index (χ3v) is 2.36. The van der Waals surface area contributed by atoms with Crippen LogP contribution in [0.1, 0.15) is 11.1 Å². The number of nitrogens with one attached hydrogen (secondary N) is 1. The van der Waals surface area contributed by atoms with E-state index in [9.17, 15) is 15.0 Å². The minimum absolute atomic E-state index is 0.0474. The van der Waals surface area contributed by atoms with Gasteiger partial charge >= 0.3 is 0 Å². The highest BCUT2D eigenvalue weighted by atomic mass is 16.3. The molecule has 14 heavy (non-hydrogen) atoms. The topological polar surface area (TPSA) is 69.6 Å². The summed E-state index contributed by atoms with van der Waals surface area (Å²) in [6, 6.07) is 2.97. The molecule has 0 atom stereocenters. The van der Waals surface area contributed by atoms with Crippen LogP contribution in [0, 0.1) is 0 Å². The van der Waals surface area contributed by atoms with Crippen molar-refractivity contribution < 1.29 is 15.0 Å². The van der Waals surface area contributed by atoms with E-state index in [-0.39, 0.29) is 23.8 Å². The fraction of sp³-hybridized carbons (Fsp3) is 0.300. The Morgan fingerprint density at radius 3 is 2.50 bits per heavy atom. The molecule has 0 spiro atoms. The van der Waals surface area contributed by atoms with E-state index in [1.807, 2.05) is 0 Å². The van der Waals surface area contributed by atoms with E-state index in [4.69, 9.17) is 0 Å². The van der Waals surface area contributed by atoms with Crippen LogP contribution in [0.25, 0.3) is 0 Å². The molecular weight excluding hydrogens is 182 g/mol. The molecule has 0 aliphatic carbocycles. The molecule has 0 unspecified atom stereocenters. The molecule has 1 heterocycles. The zero-order valence-electron chi connectivity index (χ0n) is 7.58. The lowest BCUT2D eigenvalue weighted by atomic mass is 10.0. The van der Waals surface area contributed by atoms with Crippen molar-refractivity contribution >= 4 is 5.91 Å². The summed E-state index contributed by atoms with van der Waals surface area (Å²) in [5, 5.41) is 21.3. The fourth-order valence-corrected chi connectivity index (χ4v) is 1.63. The third-order valence-electron chi connectivity index (χ3n) is 2.36. The number of rotatable bonds is 0. The SMILES string of the molecule is O=C1Cc2cc(O)c(O)cc2CCN1. The number of hydrogen-bond donors (Lipinski definition) is 3. The maximum atomic E-state index is 11.2. The fourth-order valence-electron chi connectivity index (χ4n) is 1.63. The van der Waals surface area contributed by atoms with Crippen LogP contribution in [0.2, 0.25) is 0 Å². The molecule has 4 heteroatoms. The summed E-state index contributed by atoms with van der Waals surface area (Å²) >= 11 is 0. The molecule has 0 radical (unpaired) electrons. The summed E-state index contributed by atoms with van der Waals surface area (Å²) in [7, 11) is 0. The smallest absolute Gasteiger partial charge is 0.224 e. The average molecular weight is 193 g/mol. The summed E-state index contributed by atoms with van der Waals surface area (Å²) in [6.07, 6.45) is 0.956. The molecule has 3 N–H and O–H groups in total. The highest BCUT2D eigenvalue weighted by Gasteiger charge is 2.15. The third kappa shape index (κ3) is 1.51.